The highest BCUT2D eigenvalue weighted by Crippen LogP contribution is 2.29. The third kappa shape index (κ3) is 5.27. The molecule has 1 N–H and O–H groups in total. The lowest BCUT2D eigenvalue weighted by Gasteiger charge is -2.12. The molecule has 0 unspecified atom stereocenters. The third-order valence-corrected chi connectivity index (χ3v) is 6.36. The number of benzene rings is 2. The van der Waals surface area contributed by atoms with Gasteiger partial charge in [0.2, 0.25) is 0 Å². The van der Waals surface area contributed by atoms with E-state index in [1.807, 2.05) is 0 Å². The fourth-order valence-corrected chi connectivity index (χ4v) is 4.33. The summed E-state index contributed by atoms with van der Waals surface area (Å²) < 4.78 is 23.4. The van der Waals surface area contributed by atoms with Gasteiger partial charge in [0.15, 0.2) is 9.84 Å². The first kappa shape index (κ1) is 21.3. The molecule has 0 atom stereocenters. The monoisotopic (exact) mass is 453 g/mol. The van der Waals surface area contributed by atoms with Crippen molar-refractivity contribution in [1.82, 2.24) is 0 Å². The minimum atomic E-state index is -3.55. The molecule has 0 aliphatic carbocycles. The van der Waals surface area contributed by atoms with Gasteiger partial charge in [-0.2, -0.15) is 0 Å². The van der Waals surface area contributed by atoms with Crippen LogP contribution >= 0.6 is 46.4 Å². The largest absolute Gasteiger partial charge is 0.322 e. The maximum atomic E-state index is 12.7. The molecule has 0 aliphatic rings. The molecule has 4 nitrogen and oxygen atoms in total. The molecule has 26 heavy (non-hydrogen) atoms. The number of halogens is 4. The van der Waals surface area contributed by atoms with Gasteiger partial charge >= 0.3 is 0 Å². The van der Waals surface area contributed by atoms with Crippen LogP contribution in [0.15, 0.2) is 41.3 Å². The molecule has 2 aromatic carbocycles. The minimum absolute atomic E-state index is 0.187. The molecule has 0 saturated carbocycles. The number of carbonyl (C=O) groups excluding carboxylic acids is 1. The van der Waals surface area contributed by atoms with E-state index in [1.165, 1.54) is 0 Å². The van der Waals surface area contributed by atoms with Crippen molar-refractivity contribution in [1.29, 1.82) is 0 Å². The number of carbonyl (C=O) groups is 1. The SMILES string of the molecule is Cc1cc(S(=O)(=O)Cc2ccc(NC(=O)C(Cl)(Cl)Cl)cc2)c(C)cc1Cl. The van der Waals surface area contributed by atoms with E-state index in [4.69, 9.17) is 46.4 Å². The summed E-state index contributed by atoms with van der Waals surface area (Å²) in [6.45, 7) is 3.45. The summed E-state index contributed by atoms with van der Waals surface area (Å²) in [5.74, 6) is -0.983. The molecule has 0 bridgehead atoms. The number of sulfone groups is 1. The summed E-state index contributed by atoms with van der Waals surface area (Å²) in [5, 5.41) is 2.95. The number of alkyl halides is 3. The number of hydrogen-bond acceptors (Lipinski definition) is 3. The first-order valence-electron chi connectivity index (χ1n) is 7.37. The summed E-state index contributed by atoms with van der Waals surface area (Å²) in [7, 11) is -3.55. The number of nitrogens with one attached hydrogen (secondary N) is 1. The molecule has 0 radical (unpaired) electrons. The lowest BCUT2D eigenvalue weighted by Crippen LogP contribution is -2.26. The molecule has 0 aromatic heterocycles. The first-order valence-corrected chi connectivity index (χ1v) is 10.5. The maximum absolute atomic E-state index is 12.7. The molecule has 0 heterocycles. The topological polar surface area (TPSA) is 63.2 Å². The van der Waals surface area contributed by atoms with Gasteiger partial charge < -0.3 is 5.32 Å². The number of rotatable bonds is 4. The van der Waals surface area contributed by atoms with E-state index < -0.39 is 19.5 Å². The minimum Gasteiger partial charge on any atom is -0.322 e. The van der Waals surface area contributed by atoms with Crippen LogP contribution in [-0.4, -0.2) is 18.1 Å². The van der Waals surface area contributed by atoms with Crippen LogP contribution in [0.1, 0.15) is 16.7 Å². The number of amides is 1. The van der Waals surface area contributed by atoms with E-state index in [1.54, 1.807) is 50.2 Å². The van der Waals surface area contributed by atoms with Crippen LogP contribution in [0, 0.1) is 13.8 Å². The highest BCUT2D eigenvalue weighted by Gasteiger charge is 2.30. The Morgan fingerprint density at radius 1 is 1.04 bits per heavy atom. The molecule has 0 aliphatic heterocycles. The van der Waals surface area contributed by atoms with Gasteiger partial charge in [0.25, 0.3) is 9.70 Å². The molecule has 0 saturated heterocycles. The van der Waals surface area contributed by atoms with Gasteiger partial charge in [-0.15, -0.1) is 0 Å². The van der Waals surface area contributed by atoms with E-state index in [9.17, 15) is 13.2 Å². The van der Waals surface area contributed by atoms with Crippen molar-refractivity contribution in [2.24, 2.45) is 0 Å². The highest BCUT2D eigenvalue weighted by atomic mass is 35.6. The van der Waals surface area contributed by atoms with Crippen LogP contribution in [0.2, 0.25) is 5.02 Å². The smallest absolute Gasteiger partial charge is 0.276 e. The summed E-state index contributed by atoms with van der Waals surface area (Å²) in [4.78, 5) is 11.9. The van der Waals surface area contributed by atoms with Crippen molar-refractivity contribution >= 4 is 67.8 Å². The zero-order chi connectivity index (χ0) is 19.7. The Kier molecular flexibility index (Phi) is 6.52. The quantitative estimate of drug-likeness (QED) is 0.642. The summed E-state index contributed by atoms with van der Waals surface area (Å²) >= 11 is 22.5. The molecule has 1 amide bonds. The highest BCUT2D eigenvalue weighted by molar-refractivity contribution is 7.90. The van der Waals surface area contributed by atoms with E-state index in [-0.39, 0.29) is 10.6 Å². The molecular weight excluding hydrogens is 440 g/mol. The second-order valence-electron chi connectivity index (χ2n) is 5.77. The first-order chi connectivity index (χ1) is 11.9. The Morgan fingerprint density at radius 3 is 2.15 bits per heavy atom. The van der Waals surface area contributed by atoms with Crippen molar-refractivity contribution < 1.29 is 13.2 Å². The summed E-state index contributed by atoms with van der Waals surface area (Å²) in [6.07, 6.45) is 0. The second kappa shape index (κ2) is 7.95. The number of hydrogen-bond donors (Lipinski definition) is 1. The van der Waals surface area contributed by atoms with E-state index in [0.717, 1.165) is 0 Å². The van der Waals surface area contributed by atoms with Gasteiger partial charge in [0.05, 0.1) is 10.6 Å². The zero-order valence-corrected chi connectivity index (χ0v) is 17.7. The Bertz CT molecular complexity index is 936. The van der Waals surface area contributed by atoms with Gasteiger partial charge in [0.1, 0.15) is 0 Å². The van der Waals surface area contributed by atoms with Crippen LogP contribution in [0.25, 0.3) is 0 Å². The number of aryl methyl sites for hydroxylation is 2. The van der Waals surface area contributed by atoms with Crippen molar-refractivity contribution in [3.8, 4) is 0 Å². The van der Waals surface area contributed by atoms with Gasteiger partial charge in [-0.3, -0.25) is 4.79 Å². The van der Waals surface area contributed by atoms with E-state index >= 15 is 0 Å². The van der Waals surface area contributed by atoms with Gasteiger partial charge in [-0.05, 0) is 54.8 Å². The third-order valence-electron chi connectivity index (χ3n) is 3.62. The van der Waals surface area contributed by atoms with Crippen LogP contribution in [0.3, 0.4) is 0 Å². The van der Waals surface area contributed by atoms with Crippen LogP contribution in [0.4, 0.5) is 5.69 Å². The summed E-state index contributed by atoms with van der Waals surface area (Å²) in [5.41, 5.74) is 2.23. The normalized spacial score (nSPS) is 12.1. The molecule has 0 fully saturated rings. The summed E-state index contributed by atoms with van der Waals surface area (Å²) in [6, 6.07) is 9.47. The van der Waals surface area contributed by atoms with Crippen molar-refractivity contribution in [2.45, 2.75) is 28.3 Å². The van der Waals surface area contributed by atoms with Crippen LogP contribution < -0.4 is 5.32 Å². The predicted octanol–water partition coefficient (Wildman–Crippen LogP) is 5.24. The van der Waals surface area contributed by atoms with Crippen molar-refractivity contribution in [3.63, 3.8) is 0 Å². The molecule has 9 heteroatoms. The van der Waals surface area contributed by atoms with Gasteiger partial charge in [-0.25, -0.2) is 8.42 Å². The fourth-order valence-electron chi connectivity index (χ4n) is 2.27. The van der Waals surface area contributed by atoms with Crippen LogP contribution in [-0.2, 0) is 20.4 Å². The Hall–Kier alpha value is -0.980. The Labute approximate surface area is 172 Å². The molecule has 2 aromatic rings. The fraction of sp³-hybridized carbons (Fsp3) is 0.235. The van der Waals surface area contributed by atoms with E-state index in [2.05, 4.69) is 5.32 Å². The second-order valence-corrected chi connectivity index (χ2v) is 10.4. The maximum Gasteiger partial charge on any atom is 0.276 e. The van der Waals surface area contributed by atoms with Gasteiger partial charge in [-0.1, -0.05) is 58.5 Å². The average Bonchev–Trinajstić information content (AvgIpc) is 2.51. The molecule has 2 rings (SSSR count). The number of anilines is 1. The van der Waals surface area contributed by atoms with E-state index in [0.29, 0.717) is 27.4 Å². The molecular formula is C17H15Cl4NO3S. The average molecular weight is 455 g/mol. The lowest BCUT2D eigenvalue weighted by molar-refractivity contribution is -0.115. The predicted molar refractivity (Wildman–Crippen MR) is 107 cm³/mol. The molecule has 0 spiro atoms. The Balaban J connectivity index is 2.21. The standard InChI is InChI=1S/C17H15Cl4NO3S/c1-10-8-15(11(2)7-14(10)18)26(24,25)9-12-3-5-13(6-4-12)22-16(23)17(19,20)21/h3-8H,9H2,1-2H3,(H,22,23). The molecule has 140 valence electrons. The van der Waals surface area contributed by atoms with Crippen molar-refractivity contribution in [2.75, 3.05) is 5.32 Å². The van der Waals surface area contributed by atoms with Crippen LogP contribution in [0.5, 0.6) is 0 Å². The van der Waals surface area contributed by atoms with Gasteiger partial charge in [0, 0.05) is 10.7 Å². The Morgan fingerprint density at radius 2 is 1.62 bits per heavy atom. The zero-order valence-electron chi connectivity index (χ0n) is 13.8. The van der Waals surface area contributed by atoms with Crippen molar-refractivity contribution in [3.05, 3.63) is 58.1 Å². The lowest BCUT2D eigenvalue weighted by atomic mass is 10.2.